The van der Waals surface area contributed by atoms with Crippen LogP contribution in [0.1, 0.15) is 35.4 Å². The maximum absolute atomic E-state index is 11.9. The van der Waals surface area contributed by atoms with Crippen LogP contribution in [0, 0.1) is 5.92 Å². The van der Waals surface area contributed by atoms with Gasteiger partial charge in [0, 0.05) is 30.1 Å². The Morgan fingerprint density at radius 3 is 2.21 bits per heavy atom. The van der Waals surface area contributed by atoms with Crippen molar-refractivity contribution < 1.29 is 14.4 Å². The third-order valence-electron chi connectivity index (χ3n) is 3.76. The highest BCUT2D eigenvalue weighted by Gasteiger charge is 2.29. The molecule has 0 atom stereocenters. The Hall–Kier alpha value is -2.47. The van der Waals surface area contributed by atoms with Gasteiger partial charge >= 0.3 is 0 Å². The Bertz CT molecular complexity index is 734. The third-order valence-corrected chi connectivity index (χ3v) is 4.67. The first-order valence-corrected chi connectivity index (χ1v) is 8.77. The lowest BCUT2D eigenvalue weighted by atomic mass is 10.2. The van der Waals surface area contributed by atoms with Crippen molar-refractivity contribution in [2.24, 2.45) is 5.92 Å². The number of hydrogen-bond acceptors (Lipinski definition) is 4. The topological polar surface area (TPSA) is 75.3 Å². The van der Waals surface area contributed by atoms with Gasteiger partial charge in [0.2, 0.25) is 11.8 Å². The van der Waals surface area contributed by atoms with Gasteiger partial charge in [-0.25, -0.2) is 0 Å². The first-order valence-electron chi connectivity index (χ1n) is 7.89. The molecule has 6 heteroatoms. The van der Waals surface area contributed by atoms with Crippen molar-refractivity contribution in [3.63, 3.8) is 0 Å². The summed E-state index contributed by atoms with van der Waals surface area (Å²) in [5.74, 6) is -0.00269. The highest BCUT2D eigenvalue weighted by molar-refractivity contribution is 7.12. The Kier molecular flexibility index (Phi) is 5.05. The summed E-state index contributed by atoms with van der Waals surface area (Å²) in [7, 11) is 0. The molecule has 0 spiro atoms. The molecule has 2 amide bonds. The molecular weight excluding hydrogens is 324 g/mol. The summed E-state index contributed by atoms with van der Waals surface area (Å²) in [6.07, 6.45) is 2.27. The minimum atomic E-state index is -0.199. The SMILES string of the molecule is O=C(CCC(=O)c1cccs1)Nc1ccc(NC(=O)C2CC2)cc1. The van der Waals surface area contributed by atoms with E-state index in [4.69, 9.17) is 0 Å². The normalized spacial score (nSPS) is 13.3. The molecule has 1 heterocycles. The van der Waals surface area contributed by atoms with E-state index in [9.17, 15) is 14.4 Å². The lowest BCUT2D eigenvalue weighted by Crippen LogP contribution is -2.14. The van der Waals surface area contributed by atoms with Crippen LogP contribution in [0.25, 0.3) is 0 Å². The van der Waals surface area contributed by atoms with Crippen molar-refractivity contribution in [1.29, 1.82) is 0 Å². The maximum Gasteiger partial charge on any atom is 0.227 e. The fourth-order valence-corrected chi connectivity index (χ4v) is 2.93. The molecule has 0 unspecified atom stereocenters. The van der Waals surface area contributed by atoms with Gasteiger partial charge in [-0.3, -0.25) is 14.4 Å². The molecule has 0 aliphatic heterocycles. The molecule has 0 saturated heterocycles. The number of anilines is 2. The van der Waals surface area contributed by atoms with Crippen LogP contribution in [0.2, 0.25) is 0 Å². The van der Waals surface area contributed by atoms with Crippen LogP contribution in [-0.4, -0.2) is 17.6 Å². The van der Waals surface area contributed by atoms with Crippen molar-refractivity contribution in [1.82, 2.24) is 0 Å². The van der Waals surface area contributed by atoms with E-state index in [-0.39, 0.29) is 36.4 Å². The van der Waals surface area contributed by atoms with Crippen LogP contribution in [-0.2, 0) is 9.59 Å². The van der Waals surface area contributed by atoms with Crippen LogP contribution in [0.15, 0.2) is 41.8 Å². The van der Waals surface area contributed by atoms with Gasteiger partial charge < -0.3 is 10.6 Å². The molecule has 124 valence electrons. The Morgan fingerprint density at radius 1 is 0.958 bits per heavy atom. The quantitative estimate of drug-likeness (QED) is 0.753. The number of nitrogens with one attached hydrogen (secondary N) is 2. The third kappa shape index (κ3) is 4.52. The zero-order valence-corrected chi connectivity index (χ0v) is 13.9. The van der Waals surface area contributed by atoms with Gasteiger partial charge in [0.25, 0.3) is 0 Å². The molecule has 3 rings (SSSR count). The van der Waals surface area contributed by atoms with E-state index in [1.807, 2.05) is 11.4 Å². The van der Waals surface area contributed by atoms with Gasteiger partial charge in [0.1, 0.15) is 0 Å². The summed E-state index contributed by atoms with van der Waals surface area (Å²) >= 11 is 1.38. The number of thiophene rings is 1. The minimum absolute atomic E-state index is 0.0155. The zero-order chi connectivity index (χ0) is 16.9. The van der Waals surface area contributed by atoms with Crippen LogP contribution >= 0.6 is 11.3 Å². The number of rotatable bonds is 7. The molecule has 2 aromatic rings. The van der Waals surface area contributed by atoms with Crippen LogP contribution in [0.5, 0.6) is 0 Å². The largest absolute Gasteiger partial charge is 0.326 e. The molecule has 1 aliphatic carbocycles. The van der Waals surface area contributed by atoms with Crippen molar-refractivity contribution in [2.45, 2.75) is 25.7 Å². The maximum atomic E-state index is 11.9. The summed E-state index contributed by atoms with van der Waals surface area (Å²) in [6.45, 7) is 0. The van der Waals surface area contributed by atoms with Gasteiger partial charge in [-0.2, -0.15) is 0 Å². The molecular formula is C18H18N2O3S. The first kappa shape index (κ1) is 16.4. The molecule has 1 aromatic heterocycles. The number of hydrogen-bond donors (Lipinski definition) is 2. The summed E-state index contributed by atoms with van der Waals surface area (Å²) in [5.41, 5.74) is 1.37. The summed E-state index contributed by atoms with van der Waals surface area (Å²) in [5, 5.41) is 7.45. The van der Waals surface area contributed by atoms with E-state index in [0.717, 1.165) is 18.5 Å². The molecule has 1 saturated carbocycles. The second-order valence-corrected chi connectivity index (χ2v) is 6.74. The van der Waals surface area contributed by atoms with E-state index in [2.05, 4.69) is 10.6 Å². The summed E-state index contributed by atoms with van der Waals surface area (Å²) in [4.78, 5) is 36.1. The lowest BCUT2D eigenvalue weighted by molar-refractivity contribution is -0.117. The molecule has 5 nitrogen and oxygen atoms in total. The smallest absolute Gasteiger partial charge is 0.227 e. The number of Topliss-reactive ketones (excluding diaryl/α,β-unsaturated/α-hetero) is 1. The number of carbonyl (C=O) groups is 3. The van der Waals surface area contributed by atoms with Crippen molar-refractivity contribution in [3.05, 3.63) is 46.7 Å². The molecule has 24 heavy (non-hydrogen) atoms. The summed E-state index contributed by atoms with van der Waals surface area (Å²) < 4.78 is 0. The fourth-order valence-electron chi connectivity index (χ4n) is 2.24. The molecule has 2 N–H and O–H groups in total. The standard InChI is InChI=1S/C18H18N2O3S/c21-15(16-2-1-11-24-16)9-10-17(22)19-13-5-7-14(8-6-13)20-18(23)12-3-4-12/h1-2,5-8,11-12H,3-4,9-10H2,(H,19,22)(H,20,23). The Morgan fingerprint density at radius 2 is 1.62 bits per heavy atom. The minimum Gasteiger partial charge on any atom is -0.326 e. The van der Waals surface area contributed by atoms with Crippen molar-refractivity contribution in [3.8, 4) is 0 Å². The number of carbonyl (C=O) groups excluding carboxylic acids is 3. The molecule has 1 aliphatic rings. The number of amides is 2. The monoisotopic (exact) mass is 342 g/mol. The number of benzene rings is 1. The Labute approximate surface area is 144 Å². The molecule has 0 bridgehead atoms. The van der Waals surface area contributed by atoms with Gasteiger partial charge in [-0.15, -0.1) is 11.3 Å². The van der Waals surface area contributed by atoms with E-state index in [0.29, 0.717) is 10.6 Å². The van der Waals surface area contributed by atoms with E-state index >= 15 is 0 Å². The number of ketones is 1. The predicted octanol–water partition coefficient (Wildman–Crippen LogP) is 3.70. The highest BCUT2D eigenvalue weighted by atomic mass is 32.1. The highest BCUT2D eigenvalue weighted by Crippen LogP contribution is 2.30. The van der Waals surface area contributed by atoms with Crippen molar-refractivity contribution in [2.75, 3.05) is 10.6 Å². The predicted molar refractivity (Wildman–Crippen MR) is 94.3 cm³/mol. The lowest BCUT2D eigenvalue weighted by Gasteiger charge is -2.07. The second kappa shape index (κ2) is 7.40. The van der Waals surface area contributed by atoms with E-state index in [1.54, 1.807) is 30.3 Å². The molecule has 0 radical (unpaired) electrons. The zero-order valence-electron chi connectivity index (χ0n) is 13.1. The molecule has 1 aromatic carbocycles. The van der Waals surface area contributed by atoms with Crippen LogP contribution < -0.4 is 10.6 Å². The summed E-state index contributed by atoms with van der Waals surface area (Å²) in [6, 6.07) is 10.6. The van der Waals surface area contributed by atoms with Gasteiger partial charge in [-0.1, -0.05) is 6.07 Å². The van der Waals surface area contributed by atoms with Gasteiger partial charge in [0.15, 0.2) is 5.78 Å². The van der Waals surface area contributed by atoms with Gasteiger partial charge in [0.05, 0.1) is 4.88 Å². The van der Waals surface area contributed by atoms with E-state index in [1.165, 1.54) is 11.3 Å². The average molecular weight is 342 g/mol. The second-order valence-electron chi connectivity index (χ2n) is 5.79. The van der Waals surface area contributed by atoms with Gasteiger partial charge in [-0.05, 0) is 48.6 Å². The first-order chi connectivity index (χ1) is 11.6. The molecule has 1 fully saturated rings. The van der Waals surface area contributed by atoms with Crippen LogP contribution in [0.4, 0.5) is 11.4 Å². The fraction of sp³-hybridized carbons (Fsp3) is 0.278. The van der Waals surface area contributed by atoms with Crippen molar-refractivity contribution >= 4 is 40.3 Å². The average Bonchev–Trinajstić information content (AvgIpc) is 3.29. The van der Waals surface area contributed by atoms with E-state index < -0.39 is 0 Å². The Balaban J connectivity index is 1.45. The van der Waals surface area contributed by atoms with Crippen LogP contribution in [0.3, 0.4) is 0 Å².